The summed E-state index contributed by atoms with van der Waals surface area (Å²) in [7, 11) is 4.76. The van der Waals surface area contributed by atoms with Crippen molar-refractivity contribution in [3.05, 3.63) is 60.7 Å². The minimum atomic E-state index is 0.238. The topological polar surface area (TPSA) is 75.7 Å². The number of rotatable bonds is 6. The van der Waals surface area contributed by atoms with Crippen molar-refractivity contribution in [1.82, 2.24) is 4.98 Å². The van der Waals surface area contributed by atoms with Crippen LogP contribution in [0.1, 0.15) is 0 Å². The van der Waals surface area contributed by atoms with Gasteiger partial charge in [-0.25, -0.2) is 0 Å². The second kappa shape index (κ2) is 7.67. The number of aromatic nitrogens is 1. The molecule has 6 nitrogen and oxygen atoms in total. The van der Waals surface area contributed by atoms with E-state index in [1.54, 1.807) is 33.5 Å². The molecule has 0 atom stereocenters. The summed E-state index contributed by atoms with van der Waals surface area (Å²) in [6, 6.07) is 19.0. The maximum absolute atomic E-state index is 9.83. The fourth-order valence-electron chi connectivity index (χ4n) is 3.45. The van der Waals surface area contributed by atoms with E-state index in [4.69, 9.17) is 14.2 Å². The molecule has 148 valence electrons. The van der Waals surface area contributed by atoms with E-state index in [0.717, 1.165) is 33.5 Å². The lowest BCUT2D eigenvalue weighted by Crippen LogP contribution is -1.98. The van der Waals surface area contributed by atoms with Gasteiger partial charge in [0.25, 0.3) is 0 Å². The minimum Gasteiger partial charge on any atom is -0.508 e. The van der Waals surface area contributed by atoms with E-state index in [2.05, 4.69) is 10.3 Å². The Morgan fingerprint density at radius 3 is 2.21 bits per heavy atom. The molecule has 0 aliphatic carbocycles. The van der Waals surface area contributed by atoms with Gasteiger partial charge in [0.05, 0.1) is 26.8 Å². The molecule has 1 heterocycles. The third-order valence-corrected chi connectivity index (χ3v) is 4.76. The summed E-state index contributed by atoms with van der Waals surface area (Å²) in [5.41, 5.74) is 3.73. The van der Waals surface area contributed by atoms with Crippen molar-refractivity contribution in [3.63, 3.8) is 0 Å². The zero-order valence-electron chi connectivity index (χ0n) is 16.4. The summed E-state index contributed by atoms with van der Waals surface area (Å²) in [5, 5.41) is 14.3. The molecule has 1 aromatic heterocycles. The third-order valence-electron chi connectivity index (χ3n) is 4.76. The van der Waals surface area contributed by atoms with Crippen molar-refractivity contribution in [2.75, 3.05) is 26.6 Å². The number of nitrogens with one attached hydrogen (secondary N) is 2. The Balaban J connectivity index is 1.74. The first-order chi connectivity index (χ1) is 14.1. The quantitative estimate of drug-likeness (QED) is 0.416. The minimum absolute atomic E-state index is 0.238. The Morgan fingerprint density at radius 1 is 0.828 bits per heavy atom. The first-order valence-corrected chi connectivity index (χ1v) is 9.11. The van der Waals surface area contributed by atoms with Crippen LogP contribution >= 0.6 is 0 Å². The molecule has 29 heavy (non-hydrogen) atoms. The van der Waals surface area contributed by atoms with Crippen LogP contribution in [0.2, 0.25) is 0 Å². The molecule has 0 spiro atoms. The van der Waals surface area contributed by atoms with E-state index in [0.29, 0.717) is 17.2 Å². The highest BCUT2D eigenvalue weighted by atomic mass is 16.5. The van der Waals surface area contributed by atoms with Crippen LogP contribution in [0.3, 0.4) is 0 Å². The first kappa shape index (κ1) is 18.6. The summed E-state index contributed by atoms with van der Waals surface area (Å²) in [4.78, 5) is 3.43. The van der Waals surface area contributed by atoms with Crippen LogP contribution in [-0.4, -0.2) is 31.4 Å². The smallest absolute Gasteiger partial charge is 0.203 e. The standard InChI is InChI=1S/C23H22N2O4/c1-27-19-12-16(13-20(28-2)23(19)29-3)24-21-11-15-7-5-9-18(22(15)25-21)14-6-4-8-17(26)10-14/h4-13,24-26H,1-3H3. The Bertz CT molecular complexity index is 1140. The number of benzene rings is 3. The van der Waals surface area contributed by atoms with Crippen molar-refractivity contribution < 1.29 is 19.3 Å². The molecule has 0 radical (unpaired) electrons. The Hall–Kier alpha value is -3.80. The van der Waals surface area contributed by atoms with Gasteiger partial charge in [-0.1, -0.05) is 30.3 Å². The molecular formula is C23H22N2O4. The summed E-state index contributed by atoms with van der Waals surface area (Å²) in [5.74, 6) is 2.75. The Morgan fingerprint density at radius 2 is 1.55 bits per heavy atom. The van der Waals surface area contributed by atoms with Crippen molar-refractivity contribution in [2.24, 2.45) is 0 Å². The predicted molar refractivity (Wildman–Crippen MR) is 115 cm³/mol. The number of hydrogen-bond acceptors (Lipinski definition) is 5. The third kappa shape index (κ3) is 3.52. The molecular weight excluding hydrogens is 368 g/mol. The molecule has 3 N–H and O–H groups in total. The number of aromatic hydroxyl groups is 1. The molecule has 6 heteroatoms. The van der Waals surface area contributed by atoms with Gasteiger partial charge in [0.2, 0.25) is 5.75 Å². The van der Waals surface area contributed by atoms with Gasteiger partial charge in [0.15, 0.2) is 11.5 Å². The van der Waals surface area contributed by atoms with Gasteiger partial charge in [-0.2, -0.15) is 0 Å². The number of anilines is 2. The molecule has 0 aliphatic heterocycles. The van der Waals surface area contributed by atoms with Crippen LogP contribution in [0.5, 0.6) is 23.0 Å². The van der Waals surface area contributed by atoms with Crippen molar-refractivity contribution >= 4 is 22.4 Å². The zero-order chi connectivity index (χ0) is 20.4. The van der Waals surface area contributed by atoms with Gasteiger partial charge in [-0.15, -0.1) is 0 Å². The molecule has 0 bridgehead atoms. The SMILES string of the molecule is COc1cc(Nc2cc3cccc(-c4cccc(O)c4)c3[nH]2)cc(OC)c1OC. The molecule has 0 saturated heterocycles. The summed E-state index contributed by atoms with van der Waals surface area (Å²) >= 11 is 0. The van der Waals surface area contributed by atoms with Crippen LogP contribution in [0.15, 0.2) is 60.7 Å². The van der Waals surface area contributed by atoms with Gasteiger partial charge in [0.1, 0.15) is 11.6 Å². The van der Waals surface area contributed by atoms with E-state index in [1.165, 1.54) is 0 Å². The number of phenolic OH excluding ortho intramolecular Hbond substituents is 1. The first-order valence-electron chi connectivity index (χ1n) is 9.11. The maximum atomic E-state index is 9.83. The highest BCUT2D eigenvalue weighted by Crippen LogP contribution is 2.41. The van der Waals surface area contributed by atoms with E-state index in [1.807, 2.05) is 48.5 Å². The number of hydrogen-bond donors (Lipinski definition) is 3. The predicted octanol–water partition coefficient (Wildman–Crippen LogP) is 5.31. The number of para-hydroxylation sites is 1. The van der Waals surface area contributed by atoms with E-state index in [-0.39, 0.29) is 5.75 Å². The number of aromatic amines is 1. The summed E-state index contributed by atoms with van der Waals surface area (Å²) in [6.45, 7) is 0. The van der Waals surface area contributed by atoms with E-state index < -0.39 is 0 Å². The summed E-state index contributed by atoms with van der Waals surface area (Å²) in [6.07, 6.45) is 0. The fourth-order valence-corrected chi connectivity index (χ4v) is 3.45. The van der Waals surface area contributed by atoms with Gasteiger partial charge in [-0.05, 0) is 23.8 Å². The van der Waals surface area contributed by atoms with Gasteiger partial charge < -0.3 is 29.6 Å². The molecule has 4 aromatic rings. The summed E-state index contributed by atoms with van der Waals surface area (Å²) < 4.78 is 16.2. The van der Waals surface area contributed by atoms with Gasteiger partial charge in [-0.3, -0.25) is 0 Å². The normalized spacial score (nSPS) is 10.7. The molecule has 0 aliphatic rings. The lowest BCUT2D eigenvalue weighted by Gasteiger charge is -2.14. The van der Waals surface area contributed by atoms with Crippen molar-refractivity contribution in [2.45, 2.75) is 0 Å². The number of fused-ring (bicyclic) bond motifs is 1. The lowest BCUT2D eigenvalue weighted by atomic mass is 10.0. The molecule has 3 aromatic carbocycles. The molecule has 0 amide bonds. The Labute approximate surface area is 168 Å². The molecule has 4 rings (SSSR count). The molecule has 0 unspecified atom stereocenters. The maximum Gasteiger partial charge on any atom is 0.203 e. The number of methoxy groups -OCH3 is 3. The lowest BCUT2D eigenvalue weighted by molar-refractivity contribution is 0.324. The second-order valence-electron chi connectivity index (χ2n) is 6.54. The highest BCUT2D eigenvalue weighted by Gasteiger charge is 2.14. The van der Waals surface area contributed by atoms with Crippen LogP contribution in [0.25, 0.3) is 22.0 Å². The largest absolute Gasteiger partial charge is 0.508 e. The number of phenols is 1. The molecule has 0 saturated carbocycles. The second-order valence-corrected chi connectivity index (χ2v) is 6.54. The monoisotopic (exact) mass is 390 g/mol. The van der Waals surface area contributed by atoms with Crippen LogP contribution < -0.4 is 19.5 Å². The van der Waals surface area contributed by atoms with Crippen LogP contribution in [0, 0.1) is 0 Å². The average molecular weight is 390 g/mol. The Kier molecular flexibility index (Phi) is 4.91. The van der Waals surface area contributed by atoms with Crippen LogP contribution in [-0.2, 0) is 0 Å². The zero-order valence-corrected chi connectivity index (χ0v) is 16.4. The number of H-pyrrole nitrogens is 1. The average Bonchev–Trinajstić information content (AvgIpc) is 3.15. The molecule has 0 fully saturated rings. The van der Waals surface area contributed by atoms with Crippen LogP contribution in [0.4, 0.5) is 11.5 Å². The fraction of sp³-hybridized carbons (Fsp3) is 0.130. The number of ether oxygens (including phenoxy) is 3. The van der Waals surface area contributed by atoms with Crippen molar-refractivity contribution in [3.8, 4) is 34.1 Å². The van der Waals surface area contributed by atoms with E-state index in [9.17, 15) is 5.11 Å². The highest BCUT2D eigenvalue weighted by molar-refractivity contribution is 5.97. The van der Waals surface area contributed by atoms with Gasteiger partial charge >= 0.3 is 0 Å². The van der Waals surface area contributed by atoms with E-state index >= 15 is 0 Å². The van der Waals surface area contributed by atoms with Gasteiger partial charge in [0, 0.05) is 28.8 Å². The van der Waals surface area contributed by atoms with Crippen molar-refractivity contribution in [1.29, 1.82) is 0 Å².